The van der Waals surface area contributed by atoms with Crippen LogP contribution in [0.2, 0.25) is 0 Å². The monoisotopic (exact) mass is 457 g/mol. The third-order valence-electron chi connectivity index (χ3n) is 7.66. The molecule has 1 aliphatic heterocycles. The maximum atomic E-state index is 12.1. The lowest BCUT2D eigenvalue weighted by Crippen LogP contribution is -2.46. The third-order valence-corrected chi connectivity index (χ3v) is 7.66. The van der Waals surface area contributed by atoms with Crippen molar-refractivity contribution in [2.75, 3.05) is 24.5 Å². The largest absolute Gasteiger partial charge is 0.351 e. The second-order valence-corrected chi connectivity index (χ2v) is 9.85. The summed E-state index contributed by atoms with van der Waals surface area (Å²) in [4.78, 5) is 25.8. The van der Waals surface area contributed by atoms with Gasteiger partial charge in [-0.25, -0.2) is 14.8 Å². The Morgan fingerprint density at radius 1 is 0.971 bits per heavy atom. The third kappa shape index (κ3) is 5.16. The second kappa shape index (κ2) is 10.4. The van der Waals surface area contributed by atoms with Gasteiger partial charge in [0, 0.05) is 37.4 Å². The number of primary amides is 1. The molecule has 0 spiro atoms. The summed E-state index contributed by atoms with van der Waals surface area (Å²) in [5, 5.41) is 2.46. The van der Waals surface area contributed by atoms with Crippen LogP contribution in [0.1, 0.15) is 51.4 Å². The van der Waals surface area contributed by atoms with Crippen molar-refractivity contribution in [3.63, 3.8) is 0 Å². The molecule has 2 N–H and O–H groups in total. The molecule has 2 amide bonds. The molecule has 1 aliphatic carbocycles. The van der Waals surface area contributed by atoms with Crippen LogP contribution in [0.15, 0.2) is 54.7 Å². The number of carbonyl (C=O) groups excluding carboxylic acids is 1. The number of fused-ring (bicyclic) bond motifs is 1. The summed E-state index contributed by atoms with van der Waals surface area (Å²) < 4.78 is 0. The van der Waals surface area contributed by atoms with Gasteiger partial charge >= 0.3 is 6.03 Å². The van der Waals surface area contributed by atoms with Gasteiger partial charge in [-0.15, -0.1) is 0 Å². The van der Waals surface area contributed by atoms with E-state index in [4.69, 9.17) is 10.7 Å². The normalized spacial score (nSPS) is 17.7. The van der Waals surface area contributed by atoms with E-state index in [0.717, 1.165) is 68.9 Å². The molecule has 2 aromatic carbocycles. The van der Waals surface area contributed by atoms with E-state index in [1.54, 1.807) is 0 Å². The van der Waals surface area contributed by atoms with Crippen molar-refractivity contribution in [1.82, 2.24) is 14.9 Å². The molecule has 1 saturated carbocycles. The molecule has 2 heterocycles. The summed E-state index contributed by atoms with van der Waals surface area (Å²) >= 11 is 0. The van der Waals surface area contributed by atoms with Gasteiger partial charge in [-0.3, -0.25) is 0 Å². The molecule has 0 atom stereocenters. The van der Waals surface area contributed by atoms with Crippen LogP contribution in [0.5, 0.6) is 0 Å². The van der Waals surface area contributed by atoms with Crippen LogP contribution in [0, 0.1) is 5.92 Å². The Bertz CT molecular complexity index is 1120. The smallest absolute Gasteiger partial charge is 0.315 e. The average Bonchev–Trinajstić information content (AvgIpc) is 2.89. The molecule has 1 saturated heterocycles. The van der Waals surface area contributed by atoms with Crippen molar-refractivity contribution in [3.8, 4) is 11.3 Å². The molecule has 5 rings (SSSR count). The Morgan fingerprint density at radius 3 is 2.50 bits per heavy atom. The lowest BCUT2D eigenvalue weighted by Gasteiger charge is -2.36. The Balaban J connectivity index is 1.19. The van der Waals surface area contributed by atoms with Crippen LogP contribution in [0.25, 0.3) is 22.0 Å². The maximum Gasteiger partial charge on any atom is 0.315 e. The molecule has 178 valence electrons. The Morgan fingerprint density at radius 2 is 1.74 bits per heavy atom. The summed E-state index contributed by atoms with van der Waals surface area (Å²) in [6.45, 7) is 2.69. The Hall–Kier alpha value is -3.15. The molecule has 2 fully saturated rings. The highest BCUT2D eigenvalue weighted by atomic mass is 16.2. The molecular formula is C28H35N5O. The van der Waals surface area contributed by atoms with E-state index in [2.05, 4.69) is 52.3 Å². The molecule has 34 heavy (non-hydrogen) atoms. The number of nitrogens with two attached hydrogens (primary N) is 1. The van der Waals surface area contributed by atoms with Crippen molar-refractivity contribution in [2.24, 2.45) is 11.7 Å². The zero-order chi connectivity index (χ0) is 23.3. The van der Waals surface area contributed by atoms with Crippen LogP contribution in [0.3, 0.4) is 0 Å². The molecular weight excluding hydrogens is 422 g/mol. The van der Waals surface area contributed by atoms with E-state index in [9.17, 15) is 4.79 Å². The summed E-state index contributed by atoms with van der Waals surface area (Å²) in [6.07, 6.45) is 11.0. The van der Waals surface area contributed by atoms with Gasteiger partial charge in [0.15, 0.2) is 0 Å². The number of hydrogen-bond donors (Lipinski definition) is 1. The Labute approximate surface area is 202 Å². The van der Waals surface area contributed by atoms with Gasteiger partial charge in [-0.2, -0.15) is 0 Å². The number of hydrogen-bond acceptors (Lipinski definition) is 4. The standard InChI is InChI=1S/C28H35N5O/c29-27(34)33(25-8-2-1-3-9-25)19-15-21-13-17-32(18-14-21)28-30-16-12-26(31-28)24-11-10-22-6-4-5-7-23(22)20-24/h4-7,10-12,16,20-21,25H,1-3,8-9,13-15,17-19H2,(H2,29,34). The molecule has 1 aromatic heterocycles. The number of piperidine rings is 1. The molecule has 3 aromatic rings. The van der Waals surface area contributed by atoms with Crippen LogP contribution >= 0.6 is 0 Å². The Kier molecular flexibility index (Phi) is 6.93. The fraction of sp³-hybridized carbons (Fsp3) is 0.464. The highest BCUT2D eigenvalue weighted by Gasteiger charge is 2.26. The SMILES string of the molecule is NC(=O)N(CCC1CCN(c2nccc(-c3ccc4ccccc4c3)n2)CC1)C1CCCCC1. The van der Waals surface area contributed by atoms with Crippen molar-refractivity contribution in [2.45, 2.75) is 57.4 Å². The van der Waals surface area contributed by atoms with E-state index in [0.29, 0.717) is 12.0 Å². The van der Waals surface area contributed by atoms with Crippen LogP contribution in [-0.2, 0) is 0 Å². The minimum Gasteiger partial charge on any atom is -0.351 e. The number of urea groups is 1. The zero-order valence-corrected chi connectivity index (χ0v) is 19.9. The lowest BCUT2D eigenvalue weighted by molar-refractivity contribution is 0.155. The van der Waals surface area contributed by atoms with Crippen molar-refractivity contribution in [1.29, 1.82) is 0 Å². The predicted molar refractivity (Wildman–Crippen MR) is 138 cm³/mol. The van der Waals surface area contributed by atoms with E-state index in [1.165, 1.54) is 30.0 Å². The molecule has 0 bridgehead atoms. The predicted octanol–water partition coefficient (Wildman–Crippen LogP) is 5.62. The summed E-state index contributed by atoms with van der Waals surface area (Å²) in [5.74, 6) is 1.43. The number of carbonyl (C=O) groups is 1. The van der Waals surface area contributed by atoms with E-state index in [1.807, 2.05) is 17.2 Å². The number of anilines is 1. The number of benzene rings is 2. The summed E-state index contributed by atoms with van der Waals surface area (Å²) in [6, 6.07) is 17.0. The highest BCUT2D eigenvalue weighted by Crippen LogP contribution is 2.28. The highest BCUT2D eigenvalue weighted by molar-refractivity contribution is 5.86. The first-order chi connectivity index (χ1) is 16.7. The molecule has 6 nitrogen and oxygen atoms in total. The number of aromatic nitrogens is 2. The average molecular weight is 458 g/mol. The van der Waals surface area contributed by atoms with Crippen molar-refractivity contribution in [3.05, 3.63) is 54.7 Å². The van der Waals surface area contributed by atoms with Crippen LogP contribution in [-0.4, -0.2) is 46.6 Å². The molecule has 0 unspecified atom stereocenters. The minimum absolute atomic E-state index is 0.247. The topological polar surface area (TPSA) is 75.4 Å². The molecule has 2 aliphatic rings. The molecule has 6 heteroatoms. The number of nitrogens with zero attached hydrogens (tertiary/aromatic N) is 4. The van der Waals surface area contributed by atoms with Crippen molar-refractivity contribution >= 4 is 22.8 Å². The van der Waals surface area contributed by atoms with E-state index < -0.39 is 0 Å². The quantitative estimate of drug-likeness (QED) is 0.521. The first-order valence-electron chi connectivity index (χ1n) is 12.8. The van der Waals surface area contributed by atoms with Gasteiger partial charge in [0.2, 0.25) is 5.95 Å². The maximum absolute atomic E-state index is 12.1. The second-order valence-electron chi connectivity index (χ2n) is 9.85. The van der Waals surface area contributed by atoms with Gasteiger partial charge in [-0.05, 0) is 60.9 Å². The number of amides is 2. The first kappa shape index (κ1) is 22.6. The van der Waals surface area contributed by atoms with Gasteiger partial charge < -0.3 is 15.5 Å². The van der Waals surface area contributed by atoms with Gasteiger partial charge in [-0.1, -0.05) is 55.7 Å². The number of rotatable bonds is 6. The van der Waals surface area contributed by atoms with Gasteiger partial charge in [0.25, 0.3) is 0 Å². The van der Waals surface area contributed by atoms with E-state index >= 15 is 0 Å². The zero-order valence-electron chi connectivity index (χ0n) is 19.9. The molecule has 0 radical (unpaired) electrons. The van der Waals surface area contributed by atoms with Gasteiger partial charge in [0.05, 0.1) is 5.69 Å². The summed E-state index contributed by atoms with van der Waals surface area (Å²) in [7, 11) is 0. The minimum atomic E-state index is -0.247. The fourth-order valence-corrected chi connectivity index (χ4v) is 5.62. The van der Waals surface area contributed by atoms with E-state index in [-0.39, 0.29) is 6.03 Å². The fourth-order valence-electron chi connectivity index (χ4n) is 5.62. The van der Waals surface area contributed by atoms with Crippen LogP contribution in [0.4, 0.5) is 10.7 Å². The van der Waals surface area contributed by atoms with Crippen molar-refractivity contribution < 1.29 is 4.79 Å². The van der Waals surface area contributed by atoms with Gasteiger partial charge in [0.1, 0.15) is 0 Å². The lowest BCUT2D eigenvalue weighted by atomic mass is 9.91. The van der Waals surface area contributed by atoms with Crippen LogP contribution < -0.4 is 10.6 Å². The summed E-state index contributed by atoms with van der Waals surface area (Å²) in [5.41, 5.74) is 7.81. The first-order valence-corrected chi connectivity index (χ1v) is 12.8.